The number of likely N-dealkylation sites (tertiary alicyclic amines) is 1. The molecule has 0 bridgehead atoms. The number of amides is 1. The summed E-state index contributed by atoms with van der Waals surface area (Å²) < 4.78 is 0. The van der Waals surface area contributed by atoms with Crippen molar-refractivity contribution >= 4 is 34.9 Å². The minimum atomic E-state index is -0.711. The third-order valence-electron chi connectivity index (χ3n) is 8.29. The second-order valence-electron chi connectivity index (χ2n) is 12.2. The van der Waals surface area contributed by atoms with Crippen molar-refractivity contribution in [1.29, 1.82) is 0 Å². The summed E-state index contributed by atoms with van der Waals surface area (Å²) in [5.74, 6) is 0.850. The molecule has 9 nitrogen and oxygen atoms in total. The Morgan fingerprint density at radius 2 is 1.83 bits per heavy atom. The molecule has 1 aromatic carbocycles. The molecule has 4 heterocycles. The number of amidine groups is 1. The molecule has 3 aromatic rings. The van der Waals surface area contributed by atoms with Crippen LogP contribution >= 0.6 is 11.3 Å². The van der Waals surface area contributed by atoms with Gasteiger partial charge in [-0.2, -0.15) is 0 Å². The SMILES string of the molecule is Cc1cc(-c2ncnc3c2C(C)C(C)C(N2CCC(C(=O)O)CC2)=N3)ccc1CNC(=O)c1cnc(C(C)(C)C)s1. The van der Waals surface area contributed by atoms with Crippen LogP contribution in [-0.2, 0) is 16.8 Å². The number of carbonyl (C=O) groups is 2. The highest BCUT2D eigenvalue weighted by molar-refractivity contribution is 7.13. The summed E-state index contributed by atoms with van der Waals surface area (Å²) in [6.07, 6.45) is 4.49. The summed E-state index contributed by atoms with van der Waals surface area (Å²) in [6, 6.07) is 6.21. The molecule has 0 aliphatic carbocycles. The van der Waals surface area contributed by atoms with Crippen LogP contribution in [0.3, 0.4) is 0 Å². The average Bonchev–Trinajstić information content (AvgIpc) is 3.45. The Hall–Kier alpha value is -3.66. The van der Waals surface area contributed by atoms with E-state index in [1.54, 1.807) is 12.5 Å². The van der Waals surface area contributed by atoms with Crippen LogP contribution in [-0.4, -0.2) is 55.8 Å². The van der Waals surface area contributed by atoms with Gasteiger partial charge in [0.25, 0.3) is 5.91 Å². The zero-order valence-electron chi connectivity index (χ0n) is 24.6. The summed E-state index contributed by atoms with van der Waals surface area (Å²) in [6.45, 7) is 14.5. The smallest absolute Gasteiger partial charge is 0.306 e. The van der Waals surface area contributed by atoms with E-state index >= 15 is 0 Å². The van der Waals surface area contributed by atoms with E-state index in [-0.39, 0.29) is 29.1 Å². The molecular weight excluding hydrogens is 536 g/mol. The zero-order chi connectivity index (χ0) is 29.5. The van der Waals surface area contributed by atoms with E-state index in [4.69, 9.17) is 4.99 Å². The van der Waals surface area contributed by atoms with Crippen molar-refractivity contribution in [3.05, 3.63) is 57.3 Å². The molecule has 1 saturated heterocycles. The highest BCUT2D eigenvalue weighted by Crippen LogP contribution is 2.42. The number of carboxylic acids is 1. The Bertz CT molecular complexity index is 1500. The lowest BCUT2D eigenvalue weighted by Gasteiger charge is -2.38. The monoisotopic (exact) mass is 574 g/mol. The number of aliphatic carboxylic acids is 1. The van der Waals surface area contributed by atoms with Crippen molar-refractivity contribution in [3.63, 3.8) is 0 Å². The number of thiazole rings is 1. The predicted molar refractivity (Wildman–Crippen MR) is 161 cm³/mol. The lowest BCUT2D eigenvalue weighted by molar-refractivity contribution is -0.143. The van der Waals surface area contributed by atoms with Crippen LogP contribution in [0.5, 0.6) is 0 Å². The number of piperidine rings is 1. The minimum absolute atomic E-state index is 0.0862. The van der Waals surface area contributed by atoms with Crippen molar-refractivity contribution in [2.24, 2.45) is 16.8 Å². The summed E-state index contributed by atoms with van der Waals surface area (Å²) in [4.78, 5) is 45.7. The van der Waals surface area contributed by atoms with E-state index in [9.17, 15) is 14.7 Å². The first kappa shape index (κ1) is 28.9. The fraction of sp³-hybridized carbons (Fsp3) is 0.484. The summed E-state index contributed by atoms with van der Waals surface area (Å²) >= 11 is 1.44. The van der Waals surface area contributed by atoms with Crippen molar-refractivity contribution in [2.45, 2.75) is 72.3 Å². The Morgan fingerprint density at radius 3 is 2.46 bits per heavy atom. The number of hydrogen-bond donors (Lipinski definition) is 2. The van der Waals surface area contributed by atoms with Gasteiger partial charge >= 0.3 is 5.97 Å². The van der Waals surface area contributed by atoms with Crippen molar-refractivity contribution in [1.82, 2.24) is 25.2 Å². The first-order valence-corrected chi connectivity index (χ1v) is 15.0. The Balaban J connectivity index is 1.34. The molecule has 0 saturated carbocycles. The Labute approximate surface area is 245 Å². The van der Waals surface area contributed by atoms with E-state index in [1.807, 2.05) is 13.0 Å². The van der Waals surface area contributed by atoms with Crippen LogP contribution in [0.4, 0.5) is 5.82 Å². The van der Waals surface area contributed by atoms with Gasteiger partial charge in [-0.15, -0.1) is 11.3 Å². The number of nitrogens with one attached hydrogen (secondary N) is 1. The number of carboxylic acid groups (broad SMARTS) is 1. The second-order valence-corrected chi connectivity index (χ2v) is 13.2. The molecule has 41 heavy (non-hydrogen) atoms. The van der Waals surface area contributed by atoms with Gasteiger partial charge in [-0.3, -0.25) is 9.59 Å². The Kier molecular flexibility index (Phi) is 7.96. The minimum Gasteiger partial charge on any atom is -0.481 e. The molecule has 2 aliphatic heterocycles. The molecule has 216 valence electrons. The number of nitrogens with zero attached hydrogens (tertiary/aromatic N) is 5. The van der Waals surface area contributed by atoms with Gasteiger partial charge < -0.3 is 15.3 Å². The van der Waals surface area contributed by atoms with Gasteiger partial charge in [0.15, 0.2) is 5.82 Å². The van der Waals surface area contributed by atoms with E-state index in [0.717, 1.165) is 38.8 Å². The maximum absolute atomic E-state index is 12.8. The van der Waals surface area contributed by atoms with Gasteiger partial charge in [-0.1, -0.05) is 46.8 Å². The van der Waals surface area contributed by atoms with Gasteiger partial charge in [0, 0.05) is 42.1 Å². The van der Waals surface area contributed by atoms with E-state index in [2.05, 4.69) is 71.9 Å². The Morgan fingerprint density at radius 1 is 1.10 bits per heavy atom. The molecule has 0 spiro atoms. The molecule has 2 atom stereocenters. The standard InChI is InChI=1S/C31H38N6O3S/c1-17-13-21(7-8-22(17)14-32-28(38)23-15-33-30(41-23)31(4,5)6)25-24-18(2)19(3)27(36-26(24)35-16-34-25)37-11-9-20(10-12-37)29(39)40/h7-8,13,15-16,18-20H,9-12,14H2,1-6H3,(H,32,38)(H,39,40). The van der Waals surface area contributed by atoms with Gasteiger partial charge in [0.05, 0.1) is 22.8 Å². The molecule has 1 amide bonds. The zero-order valence-corrected chi connectivity index (χ0v) is 25.4. The van der Waals surface area contributed by atoms with Crippen LogP contribution in [0.2, 0.25) is 0 Å². The topological polar surface area (TPSA) is 121 Å². The number of aliphatic imine (C=N–C) groups is 1. The van der Waals surface area contributed by atoms with Gasteiger partial charge in [-0.05, 0) is 42.9 Å². The van der Waals surface area contributed by atoms with Gasteiger partial charge in [-0.25, -0.2) is 19.9 Å². The first-order valence-electron chi connectivity index (χ1n) is 14.2. The number of rotatable bonds is 5. The third-order valence-corrected chi connectivity index (χ3v) is 9.71. The molecule has 2 N–H and O–H groups in total. The number of benzene rings is 1. The van der Waals surface area contributed by atoms with Gasteiger partial charge in [0.2, 0.25) is 0 Å². The lowest BCUT2D eigenvalue weighted by Crippen LogP contribution is -2.44. The number of aryl methyl sites for hydroxylation is 1. The maximum Gasteiger partial charge on any atom is 0.306 e. The second kappa shape index (κ2) is 11.3. The van der Waals surface area contributed by atoms with Crippen molar-refractivity contribution in [2.75, 3.05) is 13.1 Å². The van der Waals surface area contributed by atoms with Crippen LogP contribution in [0.15, 0.2) is 35.7 Å². The van der Waals surface area contributed by atoms with E-state index in [0.29, 0.717) is 43.2 Å². The number of aromatic nitrogens is 3. The molecule has 1 fully saturated rings. The fourth-order valence-corrected chi connectivity index (χ4v) is 6.44. The van der Waals surface area contributed by atoms with Crippen LogP contribution < -0.4 is 5.32 Å². The molecule has 2 aliphatic rings. The maximum atomic E-state index is 12.8. The predicted octanol–water partition coefficient (Wildman–Crippen LogP) is 5.72. The summed E-state index contributed by atoms with van der Waals surface area (Å²) in [5, 5.41) is 13.4. The van der Waals surface area contributed by atoms with Crippen molar-refractivity contribution in [3.8, 4) is 11.3 Å². The average molecular weight is 575 g/mol. The van der Waals surface area contributed by atoms with Crippen LogP contribution in [0, 0.1) is 18.8 Å². The molecule has 2 unspecified atom stereocenters. The van der Waals surface area contributed by atoms with E-state index < -0.39 is 5.97 Å². The van der Waals surface area contributed by atoms with Gasteiger partial charge in [0.1, 0.15) is 17.0 Å². The third kappa shape index (κ3) is 5.88. The molecule has 10 heteroatoms. The van der Waals surface area contributed by atoms with Crippen molar-refractivity contribution < 1.29 is 14.7 Å². The summed E-state index contributed by atoms with van der Waals surface area (Å²) in [5.41, 5.74) is 4.92. The molecule has 2 aromatic heterocycles. The number of carbonyl (C=O) groups excluding carboxylic acids is 1. The lowest BCUT2D eigenvalue weighted by atomic mass is 9.82. The molecule has 5 rings (SSSR count). The summed E-state index contributed by atoms with van der Waals surface area (Å²) in [7, 11) is 0. The number of fused-ring (bicyclic) bond motifs is 1. The molecular formula is C31H38N6O3S. The normalized spacial score (nSPS) is 19.5. The quantitative estimate of drug-likeness (QED) is 0.400. The largest absolute Gasteiger partial charge is 0.481 e. The molecule has 0 radical (unpaired) electrons. The highest BCUT2D eigenvalue weighted by atomic mass is 32.1. The van der Waals surface area contributed by atoms with Crippen LogP contribution in [0.25, 0.3) is 11.3 Å². The van der Waals surface area contributed by atoms with Crippen LogP contribution in [0.1, 0.15) is 84.7 Å². The van der Waals surface area contributed by atoms with E-state index in [1.165, 1.54) is 11.3 Å². The fourth-order valence-electron chi connectivity index (χ4n) is 5.55. The number of hydrogen-bond acceptors (Lipinski definition) is 8. The highest BCUT2D eigenvalue weighted by Gasteiger charge is 2.35. The first-order chi connectivity index (χ1) is 19.4.